The molecule has 5 heteroatoms. The van der Waals surface area contributed by atoms with Crippen molar-refractivity contribution in [2.24, 2.45) is 0 Å². The Labute approximate surface area is 87.8 Å². The molecule has 0 bridgehead atoms. The zero-order valence-electron chi connectivity index (χ0n) is 8.73. The number of nitrogens with two attached hydrogens (primary N) is 1. The molecule has 15 heavy (non-hydrogen) atoms. The van der Waals surface area contributed by atoms with Gasteiger partial charge in [0, 0.05) is 7.05 Å². The van der Waals surface area contributed by atoms with Crippen molar-refractivity contribution >= 4 is 11.6 Å². The minimum absolute atomic E-state index is 0.0351. The summed E-state index contributed by atoms with van der Waals surface area (Å²) in [6.45, 7) is 2.37. The standard InChI is InChI=1S/C10H13N3O2/c1-6-5-15-9-8(10(14)13(6)2)3-7(11)4-12-9/h3-4,6H,5,11H2,1-2H3/t6-/m1/s1. The van der Waals surface area contributed by atoms with Gasteiger partial charge in [-0.05, 0) is 13.0 Å². The summed E-state index contributed by atoms with van der Waals surface area (Å²) in [6, 6.07) is 1.63. The van der Waals surface area contributed by atoms with Crippen LogP contribution in [0.2, 0.25) is 0 Å². The Morgan fingerprint density at radius 2 is 2.40 bits per heavy atom. The Hall–Kier alpha value is -1.78. The molecule has 1 amide bonds. The van der Waals surface area contributed by atoms with Crippen molar-refractivity contribution in [1.82, 2.24) is 9.88 Å². The summed E-state index contributed by atoms with van der Waals surface area (Å²) >= 11 is 0. The van der Waals surface area contributed by atoms with E-state index in [1.165, 1.54) is 6.20 Å². The van der Waals surface area contributed by atoms with Gasteiger partial charge in [0.2, 0.25) is 5.88 Å². The number of hydrogen-bond acceptors (Lipinski definition) is 4. The topological polar surface area (TPSA) is 68.5 Å². The molecule has 2 rings (SSSR count). The largest absolute Gasteiger partial charge is 0.475 e. The van der Waals surface area contributed by atoms with E-state index >= 15 is 0 Å². The molecule has 1 aliphatic rings. The molecule has 2 heterocycles. The van der Waals surface area contributed by atoms with Gasteiger partial charge in [-0.2, -0.15) is 0 Å². The molecule has 80 valence electrons. The highest BCUT2D eigenvalue weighted by molar-refractivity contribution is 5.97. The van der Waals surface area contributed by atoms with Crippen LogP contribution in [-0.2, 0) is 0 Å². The van der Waals surface area contributed by atoms with E-state index in [1.807, 2.05) is 6.92 Å². The second-order valence-corrected chi connectivity index (χ2v) is 3.70. The van der Waals surface area contributed by atoms with Crippen LogP contribution in [-0.4, -0.2) is 35.5 Å². The molecule has 0 aromatic carbocycles. The number of nitrogens with zero attached hydrogens (tertiary/aromatic N) is 2. The van der Waals surface area contributed by atoms with E-state index in [2.05, 4.69) is 4.98 Å². The minimum Gasteiger partial charge on any atom is -0.475 e. The number of nitrogen functional groups attached to an aromatic ring is 1. The number of carbonyl (C=O) groups excluding carboxylic acids is 1. The minimum atomic E-state index is -0.102. The van der Waals surface area contributed by atoms with Crippen LogP contribution < -0.4 is 10.5 Å². The van der Waals surface area contributed by atoms with Gasteiger partial charge in [-0.3, -0.25) is 4.79 Å². The van der Waals surface area contributed by atoms with Crippen molar-refractivity contribution in [3.63, 3.8) is 0 Å². The van der Waals surface area contributed by atoms with Crippen LogP contribution in [0.15, 0.2) is 12.3 Å². The second-order valence-electron chi connectivity index (χ2n) is 3.70. The Kier molecular flexibility index (Phi) is 2.22. The van der Waals surface area contributed by atoms with Crippen molar-refractivity contribution in [2.45, 2.75) is 13.0 Å². The average molecular weight is 207 g/mol. The number of likely N-dealkylation sites (N-methyl/N-ethyl adjacent to an activating group) is 1. The lowest BCUT2D eigenvalue weighted by atomic mass is 10.2. The van der Waals surface area contributed by atoms with Crippen molar-refractivity contribution in [1.29, 1.82) is 0 Å². The predicted octanol–water partition coefficient (Wildman–Crippen LogP) is 0.517. The number of fused-ring (bicyclic) bond motifs is 1. The number of carbonyl (C=O) groups is 1. The van der Waals surface area contributed by atoms with Gasteiger partial charge in [0.1, 0.15) is 12.2 Å². The first-order valence-electron chi connectivity index (χ1n) is 4.75. The summed E-state index contributed by atoms with van der Waals surface area (Å²) in [7, 11) is 1.74. The number of anilines is 1. The summed E-state index contributed by atoms with van der Waals surface area (Å²) in [5, 5.41) is 0. The molecule has 1 aliphatic heterocycles. The van der Waals surface area contributed by atoms with E-state index in [1.54, 1.807) is 18.0 Å². The molecule has 1 aromatic rings. The highest BCUT2D eigenvalue weighted by atomic mass is 16.5. The van der Waals surface area contributed by atoms with Gasteiger partial charge in [-0.25, -0.2) is 4.98 Å². The quantitative estimate of drug-likeness (QED) is 0.673. The first-order valence-corrected chi connectivity index (χ1v) is 4.75. The Morgan fingerprint density at radius 1 is 1.67 bits per heavy atom. The summed E-state index contributed by atoms with van der Waals surface area (Å²) in [4.78, 5) is 17.6. The highest BCUT2D eigenvalue weighted by Crippen LogP contribution is 2.23. The van der Waals surface area contributed by atoms with Crippen LogP contribution >= 0.6 is 0 Å². The van der Waals surface area contributed by atoms with Crippen LogP contribution in [0.3, 0.4) is 0 Å². The number of hydrogen-bond donors (Lipinski definition) is 1. The maximum atomic E-state index is 11.9. The zero-order chi connectivity index (χ0) is 11.0. The molecule has 0 spiro atoms. The molecule has 2 N–H and O–H groups in total. The molecule has 0 saturated heterocycles. The molecular formula is C10H13N3O2. The molecule has 0 fully saturated rings. The van der Waals surface area contributed by atoms with E-state index in [0.29, 0.717) is 23.7 Å². The van der Waals surface area contributed by atoms with Crippen LogP contribution in [0, 0.1) is 0 Å². The summed E-state index contributed by atoms with van der Waals surface area (Å²) < 4.78 is 5.43. The maximum absolute atomic E-state index is 11.9. The third-order valence-electron chi connectivity index (χ3n) is 2.55. The molecule has 0 saturated carbocycles. The van der Waals surface area contributed by atoms with Gasteiger partial charge < -0.3 is 15.4 Å². The molecule has 1 aromatic heterocycles. The second kappa shape index (κ2) is 3.42. The fourth-order valence-electron chi connectivity index (χ4n) is 1.44. The monoisotopic (exact) mass is 207 g/mol. The fourth-order valence-corrected chi connectivity index (χ4v) is 1.44. The predicted molar refractivity (Wildman–Crippen MR) is 55.7 cm³/mol. The van der Waals surface area contributed by atoms with E-state index in [-0.39, 0.29) is 11.9 Å². The smallest absolute Gasteiger partial charge is 0.259 e. The normalized spacial score (nSPS) is 20.5. The Balaban J connectivity index is 2.48. The van der Waals surface area contributed by atoms with Crippen LogP contribution in [0.1, 0.15) is 17.3 Å². The first kappa shape index (κ1) is 9.76. The van der Waals surface area contributed by atoms with Gasteiger partial charge in [0.15, 0.2) is 0 Å². The van der Waals surface area contributed by atoms with Crippen LogP contribution in [0.5, 0.6) is 5.88 Å². The molecule has 0 radical (unpaired) electrons. The molecular weight excluding hydrogens is 194 g/mol. The number of pyridine rings is 1. The van der Waals surface area contributed by atoms with E-state index < -0.39 is 0 Å². The number of amides is 1. The maximum Gasteiger partial charge on any atom is 0.259 e. The van der Waals surface area contributed by atoms with Crippen molar-refractivity contribution in [3.8, 4) is 5.88 Å². The van der Waals surface area contributed by atoms with E-state index in [9.17, 15) is 4.79 Å². The van der Waals surface area contributed by atoms with Gasteiger partial charge in [-0.15, -0.1) is 0 Å². The number of aromatic nitrogens is 1. The van der Waals surface area contributed by atoms with Crippen molar-refractivity contribution in [3.05, 3.63) is 17.8 Å². The molecule has 0 aliphatic carbocycles. The zero-order valence-corrected chi connectivity index (χ0v) is 8.73. The summed E-state index contributed by atoms with van der Waals surface area (Å²) in [5.41, 5.74) is 6.49. The van der Waals surface area contributed by atoms with Crippen molar-refractivity contribution < 1.29 is 9.53 Å². The first-order chi connectivity index (χ1) is 7.09. The summed E-state index contributed by atoms with van der Waals surface area (Å²) in [6.07, 6.45) is 1.49. The lowest BCUT2D eigenvalue weighted by Crippen LogP contribution is -2.36. The van der Waals surface area contributed by atoms with Crippen molar-refractivity contribution in [2.75, 3.05) is 19.4 Å². The fraction of sp³-hybridized carbons (Fsp3) is 0.400. The lowest BCUT2D eigenvalue weighted by molar-refractivity contribution is 0.0732. The molecule has 1 atom stereocenters. The van der Waals surface area contributed by atoms with E-state index in [0.717, 1.165) is 0 Å². The number of rotatable bonds is 0. The third-order valence-corrected chi connectivity index (χ3v) is 2.55. The lowest BCUT2D eigenvalue weighted by Gasteiger charge is -2.20. The molecule has 5 nitrogen and oxygen atoms in total. The highest BCUT2D eigenvalue weighted by Gasteiger charge is 2.26. The Bertz CT molecular complexity index is 406. The van der Waals surface area contributed by atoms with Gasteiger partial charge in [-0.1, -0.05) is 0 Å². The van der Waals surface area contributed by atoms with Gasteiger partial charge in [0.05, 0.1) is 17.9 Å². The summed E-state index contributed by atoms with van der Waals surface area (Å²) in [5.74, 6) is 0.264. The SMILES string of the molecule is C[C@@H]1COc2ncc(N)cc2C(=O)N1C. The van der Waals surface area contributed by atoms with Crippen LogP contribution in [0.25, 0.3) is 0 Å². The average Bonchev–Trinajstić information content (AvgIpc) is 2.32. The van der Waals surface area contributed by atoms with Gasteiger partial charge >= 0.3 is 0 Å². The Morgan fingerprint density at radius 3 is 3.13 bits per heavy atom. The van der Waals surface area contributed by atoms with E-state index in [4.69, 9.17) is 10.5 Å². The number of ether oxygens (including phenoxy) is 1. The van der Waals surface area contributed by atoms with Gasteiger partial charge in [0.25, 0.3) is 5.91 Å². The third kappa shape index (κ3) is 1.60. The van der Waals surface area contributed by atoms with Crippen LogP contribution in [0.4, 0.5) is 5.69 Å². The molecule has 0 unspecified atom stereocenters.